The molecule has 0 unspecified atom stereocenters. The Morgan fingerprint density at radius 1 is 1.00 bits per heavy atom. The summed E-state index contributed by atoms with van der Waals surface area (Å²) in [6, 6.07) is 19.5. The zero-order valence-electron chi connectivity index (χ0n) is 21.0. The molecule has 0 spiro atoms. The lowest BCUT2D eigenvalue weighted by molar-refractivity contribution is -0.124. The van der Waals surface area contributed by atoms with Gasteiger partial charge in [-0.25, -0.2) is 0 Å². The molecule has 4 aromatic rings. The predicted octanol–water partition coefficient (Wildman–Crippen LogP) is 2.49. The Morgan fingerprint density at radius 3 is 2.46 bits per heavy atom. The van der Waals surface area contributed by atoms with E-state index < -0.39 is 5.91 Å². The minimum atomic E-state index is -0.394. The summed E-state index contributed by atoms with van der Waals surface area (Å²) in [5.74, 6) is 0.349. The quantitative estimate of drug-likeness (QED) is 0.291. The summed E-state index contributed by atoms with van der Waals surface area (Å²) < 4.78 is 1.61. The standard InChI is InChI=1S/C28H25N9O2/c29-16-19-6-8-20(9-7-19)18-35-10-12-36(13-11-35)27-33-25-22(14-21-15-24(38)32-26(21)39)17-30-37(25)28(34-27)31-23-4-2-1-3-5-23/h1-9,14,17H,10-13,15,18H2,(H,31,33,34)(H,32,38,39). The zero-order chi connectivity index (χ0) is 26.8. The molecule has 4 heterocycles. The number of nitriles is 1. The Morgan fingerprint density at radius 2 is 1.77 bits per heavy atom. The van der Waals surface area contributed by atoms with Crippen molar-refractivity contribution in [2.24, 2.45) is 0 Å². The lowest BCUT2D eigenvalue weighted by Gasteiger charge is -2.34. The van der Waals surface area contributed by atoms with E-state index in [1.54, 1.807) is 16.8 Å². The summed E-state index contributed by atoms with van der Waals surface area (Å²) in [4.78, 5) is 38.0. The highest BCUT2D eigenvalue weighted by Crippen LogP contribution is 2.24. The molecule has 2 aliphatic heterocycles. The number of anilines is 3. The van der Waals surface area contributed by atoms with Gasteiger partial charge in [-0.3, -0.25) is 19.8 Å². The molecule has 0 bridgehead atoms. The molecule has 2 amide bonds. The van der Waals surface area contributed by atoms with E-state index in [-0.39, 0.29) is 12.3 Å². The first-order chi connectivity index (χ1) is 19.1. The molecule has 2 fully saturated rings. The largest absolute Gasteiger partial charge is 0.338 e. The van der Waals surface area contributed by atoms with Crippen LogP contribution in [0.1, 0.15) is 23.1 Å². The van der Waals surface area contributed by atoms with Crippen molar-refractivity contribution in [3.8, 4) is 6.07 Å². The van der Waals surface area contributed by atoms with Crippen LogP contribution in [0, 0.1) is 11.3 Å². The number of rotatable bonds is 6. The second kappa shape index (κ2) is 10.4. The number of hydrogen-bond donors (Lipinski definition) is 2. The third kappa shape index (κ3) is 5.18. The Hall–Kier alpha value is -5.08. The molecular formula is C28H25N9O2. The first-order valence-corrected chi connectivity index (χ1v) is 12.6. The van der Waals surface area contributed by atoms with Crippen LogP contribution in [-0.4, -0.2) is 62.5 Å². The number of piperazine rings is 1. The normalized spacial score (nSPS) is 17.0. The van der Waals surface area contributed by atoms with Crippen LogP contribution in [0.5, 0.6) is 0 Å². The second-order valence-corrected chi connectivity index (χ2v) is 9.47. The minimum absolute atomic E-state index is 0.0322. The SMILES string of the molecule is N#Cc1ccc(CN2CCN(c3nc(Nc4ccccc4)n4ncc(C=C5CC(=O)NC5=O)c4n3)CC2)cc1. The Kier molecular flexibility index (Phi) is 6.44. The van der Waals surface area contributed by atoms with E-state index in [1.165, 1.54) is 5.56 Å². The van der Waals surface area contributed by atoms with Gasteiger partial charge in [0.05, 0.1) is 24.3 Å². The lowest BCUT2D eigenvalue weighted by atomic mass is 10.1. The van der Waals surface area contributed by atoms with Crippen LogP contribution >= 0.6 is 0 Å². The first kappa shape index (κ1) is 24.3. The van der Waals surface area contributed by atoms with Gasteiger partial charge in [-0.2, -0.15) is 24.8 Å². The molecular weight excluding hydrogens is 494 g/mol. The Balaban J connectivity index is 1.27. The highest BCUT2D eigenvalue weighted by atomic mass is 16.2. The number of imide groups is 1. The monoisotopic (exact) mass is 519 g/mol. The number of aromatic nitrogens is 4. The summed E-state index contributed by atoms with van der Waals surface area (Å²) in [5, 5.41) is 19.2. The molecule has 0 radical (unpaired) electrons. The van der Waals surface area contributed by atoms with Crippen LogP contribution < -0.4 is 15.5 Å². The molecule has 0 saturated carbocycles. The van der Waals surface area contributed by atoms with Gasteiger partial charge >= 0.3 is 0 Å². The smallest absolute Gasteiger partial charge is 0.254 e. The van der Waals surface area contributed by atoms with E-state index in [1.807, 2.05) is 54.6 Å². The molecule has 0 aliphatic carbocycles. The highest BCUT2D eigenvalue weighted by Gasteiger charge is 2.26. The topological polar surface area (TPSA) is 132 Å². The van der Waals surface area contributed by atoms with Gasteiger partial charge in [-0.05, 0) is 35.9 Å². The van der Waals surface area contributed by atoms with E-state index >= 15 is 0 Å². The Labute approximate surface area is 224 Å². The molecule has 39 heavy (non-hydrogen) atoms. The van der Waals surface area contributed by atoms with Gasteiger partial charge in [-0.15, -0.1) is 0 Å². The van der Waals surface area contributed by atoms with Gasteiger partial charge in [-0.1, -0.05) is 30.3 Å². The van der Waals surface area contributed by atoms with Gasteiger partial charge in [0.15, 0.2) is 5.65 Å². The maximum absolute atomic E-state index is 12.2. The number of fused-ring (bicyclic) bond motifs is 1. The summed E-state index contributed by atoms with van der Waals surface area (Å²) in [6.07, 6.45) is 3.33. The van der Waals surface area contributed by atoms with Crippen molar-refractivity contribution in [1.82, 2.24) is 29.8 Å². The van der Waals surface area contributed by atoms with Crippen LogP contribution in [0.15, 0.2) is 66.4 Å². The number of carbonyl (C=O) groups is 2. The van der Waals surface area contributed by atoms with E-state index in [0.29, 0.717) is 34.2 Å². The molecule has 2 aliphatic rings. The maximum Gasteiger partial charge on any atom is 0.254 e. The molecule has 2 N–H and O–H groups in total. The summed E-state index contributed by atoms with van der Waals surface area (Å²) in [6.45, 7) is 3.93. The number of nitrogens with one attached hydrogen (secondary N) is 2. The minimum Gasteiger partial charge on any atom is -0.338 e. The van der Waals surface area contributed by atoms with Crippen molar-refractivity contribution >= 4 is 41.1 Å². The summed E-state index contributed by atoms with van der Waals surface area (Å²) >= 11 is 0. The van der Waals surface area contributed by atoms with Crippen LogP contribution in [0.3, 0.4) is 0 Å². The van der Waals surface area contributed by atoms with Gasteiger partial charge in [0.2, 0.25) is 17.8 Å². The average molecular weight is 520 g/mol. The van der Waals surface area contributed by atoms with E-state index in [4.69, 9.17) is 15.2 Å². The average Bonchev–Trinajstić information content (AvgIpc) is 3.51. The van der Waals surface area contributed by atoms with Crippen molar-refractivity contribution in [2.75, 3.05) is 36.4 Å². The van der Waals surface area contributed by atoms with Crippen LogP contribution in [0.4, 0.5) is 17.6 Å². The molecule has 11 heteroatoms. The molecule has 0 atom stereocenters. The molecule has 2 aromatic heterocycles. The van der Waals surface area contributed by atoms with Gasteiger partial charge in [0.1, 0.15) is 0 Å². The number of nitrogens with zero attached hydrogens (tertiary/aromatic N) is 7. The van der Waals surface area contributed by atoms with Crippen molar-refractivity contribution in [1.29, 1.82) is 5.26 Å². The highest BCUT2D eigenvalue weighted by molar-refractivity contribution is 6.15. The van der Waals surface area contributed by atoms with Crippen LogP contribution in [0.25, 0.3) is 11.7 Å². The number of benzene rings is 2. The van der Waals surface area contributed by atoms with Gasteiger partial charge < -0.3 is 10.2 Å². The molecule has 11 nitrogen and oxygen atoms in total. The predicted molar refractivity (Wildman–Crippen MR) is 145 cm³/mol. The van der Waals surface area contributed by atoms with Crippen molar-refractivity contribution in [3.05, 3.63) is 83.1 Å². The van der Waals surface area contributed by atoms with Crippen molar-refractivity contribution in [3.63, 3.8) is 0 Å². The Bertz CT molecular complexity index is 1610. The molecule has 2 saturated heterocycles. The number of para-hydroxylation sites is 1. The fraction of sp³-hybridized carbons (Fsp3) is 0.214. The van der Waals surface area contributed by atoms with E-state index in [9.17, 15) is 9.59 Å². The van der Waals surface area contributed by atoms with Gasteiger partial charge in [0, 0.05) is 49.5 Å². The first-order valence-electron chi connectivity index (χ1n) is 12.6. The van der Waals surface area contributed by atoms with Crippen LogP contribution in [0.2, 0.25) is 0 Å². The van der Waals surface area contributed by atoms with Gasteiger partial charge in [0.25, 0.3) is 5.91 Å². The summed E-state index contributed by atoms with van der Waals surface area (Å²) in [7, 11) is 0. The number of amides is 2. The fourth-order valence-electron chi connectivity index (χ4n) is 4.72. The second-order valence-electron chi connectivity index (χ2n) is 9.47. The number of hydrogen-bond acceptors (Lipinski definition) is 9. The van der Waals surface area contributed by atoms with Crippen molar-refractivity contribution < 1.29 is 9.59 Å². The summed E-state index contributed by atoms with van der Waals surface area (Å²) in [5.41, 5.74) is 4.23. The third-order valence-electron chi connectivity index (χ3n) is 6.78. The third-order valence-corrected chi connectivity index (χ3v) is 6.78. The number of carbonyl (C=O) groups excluding carboxylic acids is 2. The van der Waals surface area contributed by atoms with Crippen LogP contribution in [-0.2, 0) is 16.1 Å². The van der Waals surface area contributed by atoms with E-state index in [2.05, 4.69) is 31.6 Å². The molecule has 2 aromatic carbocycles. The lowest BCUT2D eigenvalue weighted by Crippen LogP contribution is -2.46. The maximum atomic E-state index is 12.2. The molecule has 194 valence electrons. The zero-order valence-corrected chi connectivity index (χ0v) is 21.0. The van der Waals surface area contributed by atoms with E-state index in [0.717, 1.165) is 38.4 Å². The van der Waals surface area contributed by atoms with Crippen molar-refractivity contribution in [2.45, 2.75) is 13.0 Å². The fourth-order valence-corrected chi connectivity index (χ4v) is 4.72. The molecule has 6 rings (SSSR count).